The van der Waals surface area contributed by atoms with Gasteiger partial charge in [-0.15, -0.1) is 0 Å². The van der Waals surface area contributed by atoms with Gasteiger partial charge in [0, 0.05) is 51.0 Å². The van der Waals surface area contributed by atoms with Gasteiger partial charge in [-0.3, -0.25) is 14.9 Å². The van der Waals surface area contributed by atoms with Crippen LogP contribution in [-0.2, 0) is 6.42 Å². The van der Waals surface area contributed by atoms with Crippen molar-refractivity contribution in [3.05, 3.63) is 58.8 Å². The summed E-state index contributed by atoms with van der Waals surface area (Å²) in [5.74, 6) is -0.397. The number of fused-ring (bicyclic) bond motifs is 1. The third-order valence-corrected chi connectivity index (χ3v) is 4.55. The fourth-order valence-electron chi connectivity index (χ4n) is 3.24. The van der Waals surface area contributed by atoms with E-state index in [1.165, 1.54) is 0 Å². The minimum Gasteiger partial charge on any atom is -0.406 e. The number of pyridine rings is 1. The Hall–Kier alpha value is -2.60. The Morgan fingerprint density at radius 3 is 2.75 bits per heavy atom. The van der Waals surface area contributed by atoms with E-state index in [2.05, 4.69) is 25.8 Å². The number of aromatic nitrogens is 2. The summed E-state index contributed by atoms with van der Waals surface area (Å²) in [6.45, 7) is 4.87. The Labute approximate surface area is 139 Å². The van der Waals surface area contributed by atoms with Crippen molar-refractivity contribution < 1.29 is 4.42 Å². The fourth-order valence-corrected chi connectivity index (χ4v) is 3.24. The van der Waals surface area contributed by atoms with Crippen molar-refractivity contribution >= 4 is 16.8 Å². The van der Waals surface area contributed by atoms with Crippen LogP contribution < -0.4 is 10.7 Å². The molecule has 24 heavy (non-hydrogen) atoms. The maximum atomic E-state index is 11.4. The first kappa shape index (κ1) is 15.0. The van der Waals surface area contributed by atoms with Gasteiger partial charge in [-0.25, -0.2) is 4.79 Å². The number of benzene rings is 1. The number of piperazine rings is 1. The Kier molecular flexibility index (Phi) is 4.04. The molecule has 1 saturated heterocycles. The van der Waals surface area contributed by atoms with Gasteiger partial charge in [0.15, 0.2) is 5.58 Å². The summed E-state index contributed by atoms with van der Waals surface area (Å²) in [7, 11) is 0. The number of rotatable bonds is 4. The maximum Gasteiger partial charge on any atom is 0.417 e. The molecule has 124 valence electrons. The molecule has 0 saturated carbocycles. The predicted molar refractivity (Wildman–Crippen MR) is 93.4 cm³/mol. The van der Waals surface area contributed by atoms with Crippen LogP contribution in [0.1, 0.15) is 5.69 Å². The van der Waals surface area contributed by atoms with E-state index in [1.54, 1.807) is 0 Å². The monoisotopic (exact) mass is 324 g/mol. The highest BCUT2D eigenvalue weighted by Gasteiger charge is 2.20. The molecule has 6 heteroatoms. The second-order valence-corrected chi connectivity index (χ2v) is 6.07. The fraction of sp³-hybridized carbons (Fsp3) is 0.333. The molecule has 1 N–H and O–H groups in total. The lowest BCUT2D eigenvalue weighted by atomic mass is 10.2. The summed E-state index contributed by atoms with van der Waals surface area (Å²) in [6.07, 6.45) is 2.82. The van der Waals surface area contributed by atoms with Crippen molar-refractivity contribution in [2.24, 2.45) is 0 Å². The van der Waals surface area contributed by atoms with Crippen LogP contribution in [0.5, 0.6) is 0 Å². The summed E-state index contributed by atoms with van der Waals surface area (Å²) in [5, 5.41) is 0. The van der Waals surface area contributed by atoms with Gasteiger partial charge in [-0.1, -0.05) is 12.1 Å². The number of hydrogen-bond acceptors (Lipinski definition) is 5. The summed E-state index contributed by atoms with van der Waals surface area (Å²) >= 11 is 0. The number of hydrogen-bond donors (Lipinski definition) is 1. The van der Waals surface area contributed by atoms with Crippen LogP contribution in [0.2, 0.25) is 0 Å². The van der Waals surface area contributed by atoms with Crippen LogP contribution in [0.3, 0.4) is 0 Å². The van der Waals surface area contributed by atoms with E-state index in [0.29, 0.717) is 5.58 Å². The van der Waals surface area contributed by atoms with Gasteiger partial charge in [-0.05, 0) is 24.3 Å². The van der Waals surface area contributed by atoms with Crippen molar-refractivity contribution in [2.45, 2.75) is 6.42 Å². The molecule has 2 aromatic heterocycles. The number of nitrogens with zero attached hydrogens (tertiary/aromatic N) is 3. The Balaban J connectivity index is 1.39. The third kappa shape index (κ3) is 3.05. The minimum absolute atomic E-state index is 0.397. The van der Waals surface area contributed by atoms with E-state index >= 15 is 0 Å². The largest absolute Gasteiger partial charge is 0.417 e. The summed E-state index contributed by atoms with van der Waals surface area (Å²) in [6, 6.07) is 11.9. The van der Waals surface area contributed by atoms with Gasteiger partial charge < -0.3 is 9.32 Å². The summed E-state index contributed by atoms with van der Waals surface area (Å²) in [4.78, 5) is 23.3. The average molecular weight is 324 g/mol. The Morgan fingerprint density at radius 1 is 1.08 bits per heavy atom. The van der Waals surface area contributed by atoms with Gasteiger partial charge in [0.05, 0.1) is 11.2 Å². The van der Waals surface area contributed by atoms with Crippen molar-refractivity contribution in [2.75, 3.05) is 37.6 Å². The number of oxazole rings is 1. The first-order valence-electron chi connectivity index (χ1n) is 8.29. The van der Waals surface area contributed by atoms with Crippen LogP contribution >= 0.6 is 0 Å². The lowest BCUT2D eigenvalue weighted by molar-refractivity contribution is 0.260. The molecule has 1 fully saturated rings. The average Bonchev–Trinajstić information content (AvgIpc) is 3.01. The van der Waals surface area contributed by atoms with E-state index in [0.717, 1.165) is 56.0 Å². The lowest BCUT2D eigenvalue weighted by Crippen LogP contribution is -2.47. The van der Waals surface area contributed by atoms with Crippen molar-refractivity contribution in [3.8, 4) is 0 Å². The van der Waals surface area contributed by atoms with Crippen LogP contribution in [0.25, 0.3) is 11.1 Å². The SMILES string of the molecule is O=c1[nH]c2cccc(N3CCN(CCc4ccccn4)CC3)c2o1. The highest BCUT2D eigenvalue weighted by molar-refractivity contribution is 5.86. The molecule has 3 heterocycles. The summed E-state index contributed by atoms with van der Waals surface area (Å²) in [5.41, 5.74) is 3.55. The predicted octanol–water partition coefficient (Wildman–Crippen LogP) is 1.88. The molecule has 1 aliphatic heterocycles. The quantitative estimate of drug-likeness (QED) is 0.794. The van der Waals surface area contributed by atoms with Crippen LogP contribution in [0, 0.1) is 0 Å². The zero-order valence-corrected chi connectivity index (χ0v) is 13.4. The smallest absolute Gasteiger partial charge is 0.406 e. The maximum absolute atomic E-state index is 11.4. The molecule has 3 aromatic rings. The van der Waals surface area contributed by atoms with E-state index in [4.69, 9.17) is 4.42 Å². The molecule has 6 nitrogen and oxygen atoms in total. The van der Waals surface area contributed by atoms with Gasteiger partial charge in [0.1, 0.15) is 0 Å². The Bertz CT molecular complexity index is 863. The standard InChI is InChI=1S/C18H20N4O2/c23-18-20-15-5-3-6-16(17(15)24-18)22-12-10-21(11-13-22)9-7-14-4-1-2-8-19-14/h1-6,8H,7,9-13H2,(H,20,23). The molecule has 1 aromatic carbocycles. The molecule has 0 atom stereocenters. The van der Waals surface area contributed by atoms with Crippen LogP contribution in [0.15, 0.2) is 51.8 Å². The Morgan fingerprint density at radius 2 is 1.96 bits per heavy atom. The molecule has 0 bridgehead atoms. The lowest BCUT2D eigenvalue weighted by Gasteiger charge is -2.35. The van der Waals surface area contributed by atoms with Crippen LogP contribution in [0.4, 0.5) is 5.69 Å². The molecule has 1 aliphatic rings. The molecular weight excluding hydrogens is 304 g/mol. The molecule has 0 spiro atoms. The number of para-hydroxylation sites is 1. The van der Waals surface area contributed by atoms with Gasteiger partial charge >= 0.3 is 5.76 Å². The zero-order chi connectivity index (χ0) is 16.4. The number of nitrogens with one attached hydrogen (secondary N) is 1. The van der Waals surface area contributed by atoms with E-state index in [9.17, 15) is 4.79 Å². The number of H-pyrrole nitrogens is 1. The highest BCUT2D eigenvalue weighted by Crippen LogP contribution is 2.25. The van der Waals surface area contributed by atoms with Crippen molar-refractivity contribution in [1.29, 1.82) is 0 Å². The molecule has 0 amide bonds. The van der Waals surface area contributed by atoms with Gasteiger partial charge in [0.2, 0.25) is 0 Å². The van der Waals surface area contributed by atoms with Gasteiger partial charge in [0.25, 0.3) is 0 Å². The molecule has 0 aliphatic carbocycles. The van der Waals surface area contributed by atoms with E-state index in [-0.39, 0.29) is 0 Å². The summed E-state index contributed by atoms with van der Waals surface area (Å²) < 4.78 is 5.31. The van der Waals surface area contributed by atoms with E-state index in [1.807, 2.05) is 36.5 Å². The molecule has 0 unspecified atom stereocenters. The minimum atomic E-state index is -0.397. The zero-order valence-electron chi connectivity index (χ0n) is 13.4. The second-order valence-electron chi connectivity index (χ2n) is 6.07. The van der Waals surface area contributed by atoms with Gasteiger partial charge in [-0.2, -0.15) is 0 Å². The van der Waals surface area contributed by atoms with Crippen molar-refractivity contribution in [3.63, 3.8) is 0 Å². The molecule has 4 rings (SSSR count). The molecular formula is C18H20N4O2. The highest BCUT2D eigenvalue weighted by atomic mass is 16.4. The topological polar surface area (TPSA) is 65.4 Å². The molecule has 0 radical (unpaired) electrons. The third-order valence-electron chi connectivity index (χ3n) is 4.55. The van der Waals surface area contributed by atoms with E-state index < -0.39 is 5.76 Å². The second kappa shape index (κ2) is 6.49. The first-order valence-corrected chi connectivity index (χ1v) is 8.29. The van der Waals surface area contributed by atoms with Crippen molar-refractivity contribution in [1.82, 2.24) is 14.9 Å². The normalized spacial score (nSPS) is 15.9. The number of aromatic amines is 1. The number of anilines is 1. The van der Waals surface area contributed by atoms with Crippen LogP contribution in [-0.4, -0.2) is 47.6 Å². The first-order chi connectivity index (χ1) is 11.8.